The Kier molecular flexibility index (Phi) is 4.87. The Bertz CT molecular complexity index is 878. The zero-order valence-electron chi connectivity index (χ0n) is 13.9. The topological polar surface area (TPSA) is 87.6 Å². The van der Waals surface area contributed by atoms with Gasteiger partial charge in [-0.15, -0.1) is 0 Å². The molecule has 132 valence electrons. The highest BCUT2D eigenvalue weighted by atomic mass is 32.2. The summed E-state index contributed by atoms with van der Waals surface area (Å²) < 4.78 is 24.7. The monoisotopic (exact) mass is 360 g/mol. The van der Waals surface area contributed by atoms with Gasteiger partial charge in [-0.1, -0.05) is 18.2 Å². The maximum absolute atomic E-state index is 11.6. The van der Waals surface area contributed by atoms with E-state index in [1.807, 2.05) is 18.2 Å². The quantitative estimate of drug-likeness (QED) is 0.884. The number of carboxylic acid groups (broad SMARTS) is 1. The number of hydrogen-bond acceptors (Lipinski definition) is 4. The van der Waals surface area contributed by atoms with Crippen LogP contribution in [0.15, 0.2) is 42.6 Å². The van der Waals surface area contributed by atoms with Crippen molar-refractivity contribution < 1.29 is 18.3 Å². The lowest BCUT2D eigenvalue weighted by Crippen LogP contribution is -2.27. The average molecular weight is 360 g/mol. The molecule has 1 aromatic heterocycles. The van der Waals surface area contributed by atoms with Crippen molar-refractivity contribution in [3.05, 3.63) is 53.7 Å². The number of benzene rings is 1. The zero-order chi connectivity index (χ0) is 18.0. The molecular weight excluding hydrogens is 340 g/mol. The van der Waals surface area contributed by atoms with Gasteiger partial charge in [-0.05, 0) is 42.5 Å². The van der Waals surface area contributed by atoms with Gasteiger partial charge >= 0.3 is 5.97 Å². The maximum Gasteiger partial charge on any atom is 0.335 e. The fourth-order valence-corrected chi connectivity index (χ4v) is 4.04. The second-order valence-electron chi connectivity index (χ2n) is 6.42. The van der Waals surface area contributed by atoms with Crippen LogP contribution in [0.5, 0.6) is 0 Å². The second kappa shape index (κ2) is 6.93. The minimum atomic E-state index is -3.11. The van der Waals surface area contributed by atoms with Gasteiger partial charge in [-0.2, -0.15) is 0 Å². The summed E-state index contributed by atoms with van der Waals surface area (Å²) in [5.41, 5.74) is 2.76. The van der Waals surface area contributed by atoms with Crippen molar-refractivity contribution in [1.29, 1.82) is 0 Å². The fourth-order valence-electron chi connectivity index (χ4n) is 3.13. The number of sulfonamides is 1. The van der Waals surface area contributed by atoms with Crippen molar-refractivity contribution in [2.45, 2.75) is 12.8 Å². The molecule has 6 nitrogen and oxygen atoms in total. The number of aromatic nitrogens is 1. The number of carboxylic acids is 1. The van der Waals surface area contributed by atoms with Crippen LogP contribution in [0.2, 0.25) is 0 Å². The van der Waals surface area contributed by atoms with Crippen LogP contribution in [0, 0.1) is 5.92 Å². The fraction of sp³-hybridized carbons (Fsp3) is 0.333. The van der Waals surface area contributed by atoms with E-state index in [1.165, 1.54) is 10.6 Å². The summed E-state index contributed by atoms with van der Waals surface area (Å²) in [5.74, 6) is -0.659. The van der Waals surface area contributed by atoms with Gasteiger partial charge in [-0.25, -0.2) is 17.5 Å². The molecule has 1 atom stereocenters. The van der Waals surface area contributed by atoms with Crippen molar-refractivity contribution >= 4 is 16.0 Å². The van der Waals surface area contributed by atoms with E-state index in [-0.39, 0.29) is 5.56 Å². The summed E-state index contributed by atoms with van der Waals surface area (Å²) in [6, 6.07) is 10.5. The normalized spacial score (nSPS) is 18.4. The van der Waals surface area contributed by atoms with E-state index in [1.54, 1.807) is 24.4 Å². The highest BCUT2D eigenvalue weighted by molar-refractivity contribution is 7.88. The molecule has 3 rings (SSSR count). The van der Waals surface area contributed by atoms with Crippen LogP contribution in [0.4, 0.5) is 0 Å². The Labute approximate surface area is 147 Å². The van der Waals surface area contributed by atoms with E-state index in [0.717, 1.165) is 29.7 Å². The molecule has 2 heterocycles. The molecule has 25 heavy (non-hydrogen) atoms. The Morgan fingerprint density at radius 2 is 2.12 bits per heavy atom. The molecule has 1 saturated heterocycles. The summed E-state index contributed by atoms with van der Waals surface area (Å²) in [5, 5.41) is 9.07. The molecule has 2 aromatic rings. The summed E-state index contributed by atoms with van der Waals surface area (Å²) in [4.78, 5) is 15.5. The molecule has 0 saturated carbocycles. The van der Waals surface area contributed by atoms with Gasteiger partial charge in [0.05, 0.1) is 17.5 Å². The van der Waals surface area contributed by atoms with Crippen molar-refractivity contribution in [2.75, 3.05) is 19.3 Å². The van der Waals surface area contributed by atoms with E-state index < -0.39 is 16.0 Å². The van der Waals surface area contributed by atoms with Gasteiger partial charge in [0.2, 0.25) is 10.0 Å². The van der Waals surface area contributed by atoms with Crippen LogP contribution < -0.4 is 0 Å². The number of hydrogen-bond donors (Lipinski definition) is 1. The molecule has 1 aliphatic rings. The highest BCUT2D eigenvalue weighted by Gasteiger charge is 2.28. The van der Waals surface area contributed by atoms with E-state index in [9.17, 15) is 13.2 Å². The van der Waals surface area contributed by atoms with Crippen LogP contribution in [-0.4, -0.2) is 48.1 Å². The highest BCUT2D eigenvalue weighted by Crippen LogP contribution is 2.24. The van der Waals surface area contributed by atoms with Crippen LogP contribution in [-0.2, 0) is 16.4 Å². The minimum absolute atomic E-state index is 0.232. The summed E-state index contributed by atoms with van der Waals surface area (Å²) in [6.45, 7) is 1.14. The Morgan fingerprint density at radius 1 is 1.32 bits per heavy atom. The van der Waals surface area contributed by atoms with Gasteiger partial charge < -0.3 is 5.11 Å². The number of aromatic carboxylic acids is 1. The lowest BCUT2D eigenvalue weighted by Gasteiger charge is -2.13. The number of nitrogens with zero attached hydrogens (tertiary/aromatic N) is 2. The second-order valence-corrected chi connectivity index (χ2v) is 8.40. The first-order chi connectivity index (χ1) is 11.8. The molecule has 1 N–H and O–H groups in total. The molecule has 1 aliphatic heterocycles. The van der Waals surface area contributed by atoms with Crippen molar-refractivity contribution in [3.8, 4) is 11.3 Å². The smallest absolute Gasteiger partial charge is 0.335 e. The molecule has 7 heteroatoms. The van der Waals surface area contributed by atoms with E-state index in [2.05, 4.69) is 4.98 Å². The molecule has 1 aromatic carbocycles. The number of carbonyl (C=O) groups is 1. The molecule has 0 aliphatic carbocycles. The van der Waals surface area contributed by atoms with Gasteiger partial charge in [0.1, 0.15) is 0 Å². The SMILES string of the molecule is CS(=O)(=O)N1CC[C@@H](Cc2ccc(-c3cccc(C(=O)O)c3)nc2)C1. The lowest BCUT2D eigenvalue weighted by atomic mass is 9.99. The summed E-state index contributed by atoms with van der Waals surface area (Å²) >= 11 is 0. The van der Waals surface area contributed by atoms with Crippen LogP contribution in [0.25, 0.3) is 11.3 Å². The Morgan fingerprint density at radius 3 is 2.72 bits per heavy atom. The number of pyridine rings is 1. The van der Waals surface area contributed by atoms with E-state index in [4.69, 9.17) is 5.11 Å². The molecule has 0 radical (unpaired) electrons. The van der Waals surface area contributed by atoms with E-state index in [0.29, 0.717) is 19.0 Å². The average Bonchev–Trinajstić information content (AvgIpc) is 3.04. The third kappa shape index (κ3) is 4.24. The van der Waals surface area contributed by atoms with Gasteiger partial charge in [0.25, 0.3) is 0 Å². The molecule has 0 spiro atoms. The summed E-state index contributed by atoms with van der Waals surface area (Å²) in [6.07, 6.45) is 4.67. The first-order valence-corrected chi connectivity index (χ1v) is 9.91. The van der Waals surface area contributed by atoms with E-state index >= 15 is 0 Å². The predicted octanol–water partition coefficient (Wildman–Crippen LogP) is 2.27. The molecule has 1 fully saturated rings. The Hall–Kier alpha value is -2.25. The van der Waals surface area contributed by atoms with Crippen LogP contribution >= 0.6 is 0 Å². The minimum Gasteiger partial charge on any atom is -0.478 e. The van der Waals surface area contributed by atoms with Gasteiger partial charge in [0, 0.05) is 24.8 Å². The zero-order valence-corrected chi connectivity index (χ0v) is 14.7. The molecule has 0 unspecified atom stereocenters. The number of rotatable bonds is 5. The van der Waals surface area contributed by atoms with Crippen molar-refractivity contribution in [1.82, 2.24) is 9.29 Å². The molecular formula is C18H20N2O4S. The van der Waals surface area contributed by atoms with Crippen LogP contribution in [0.3, 0.4) is 0 Å². The first kappa shape index (κ1) is 17.6. The predicted molar refractivity (Wildman–Crippen MR) is 94.9 cm³/mol. The first-order valence-electron chi connectivity index (χ1n) is 8.07. The van der Waals surface area contributed by atoms with Crippen LogP contribution in [0.1, 0.15) is 22.3 Å². The van der Waals surface area contributed by atoms with Crippen molar-refractivity contribution in [3.63, 3.8) is 0 Å². The maximum atomic E-state index is 11.6. The third-order valence-electron chi connectivity index (χ3n) is 4.47. The van der Waals surface area contributed by atoms with Gasteiger partial charge in [0.15, 0.2) is 0 Å². The van der Waals surface area contributed by atoms with Gasteiger partial charge in [-0.3, -0.25) is 4.98 Å². The molecule has 0 bridgehead atoms. The van der Waals surface area contributed by atoms with Crippen molar-refractivity contribution in [2.24, 2.45) is 5.92 Å². The summed E-state index contributed by atoms with van der Waals surface area (Å²) in [7, 11) is -3.11. The largest absolute Gasteiger partial charge is 0.478 e. The lowest BCUT2D eigenvalue weighted by molar-refractivity contribution is 0.0697. The standard InChI is InChI=1S/C18H20N2O4S/c1-25(23,24)20-8-7-14(12-20)9-13-5-6-17(19-11-13)15-3-2-4-16(10-15)18(21)22/h2-6,10-11,14H,7-9,12H2,1H3,(H,21,22)/t14-/m0/s1. The molecule has 0 amide bonds. The third-order valence-corrected chi connectivity index (χ3v) is 5.74. The Balaban J connectivity index is 1.69.